The zero-order chi connectivity index (χ0) is 8.27. The molecule has 0 unspecified atom stereocenters. The fraction of sp³-hybridized carbons (Fsp3) is 0.125. The molecule has 0 saturated carbocycles. The second kappa shape index (κ2) is 3.27. The Morgan fingerprint density at radius 2 is 2.27 bits per heavy atom. The van der Waals surface area contributed by atoms with Crippen LogP contribution in [0.3, 0.4) is 0 Å². The number of methoxy groups -OCH3 is 1. The quantitative estimate of drug-likeness (QED) is 0.643. The number of rotatable bonds is 1. The van der Waals surface area contributed by atoms with Gasteiger partial charge in [-0.25, -0.2) is 0 Å². The van der Waals surface area contributed by atoms with Crippen molar-refractivity contribution >= 4 is 11.6 Å². The lowest BCUT2D eigenvalue weighted by Crippen LogP contribution is -1.86. The maximum Gasteiger partial charge on any atom is 0.136 e. The maximum atomic E-state index is 8.59. The molecule has 1 aromatic rings. The molecular weight excluding hydrogens is 162 g/mol. The summed E-state index contributed by atoms with van der Waals surface area (Å²) in [5.74, 6) is 0.553. The normalized spacial score (nSPS) is 8.82. The third kappa shape index (κ3) is 1.63. The van der Waals surface area contributed by atoms with Crippen LogP contribution in [0.15, 0.2) is 18.2 Å². The summed E-state index contributed by atoms with van der Waals surface area (Å²) >= 11 is 5.65. The number of benzene rings is 1. The Kier molecular flexibility index (Phi) is 2.35. The van der Waals surface area contributed by atoms with Gasteiger partial charge in [0.1, 0.15) is 11.8 Å². The van der Waals surface area contributed by atoms with Crippen LogP contribution < -0.4 is 4.74 Å². The van der Waals surface area contributed by atoms with Crippen molar-refractivity contribution in [2.45, 2.75) is 0 Å². The lowest BCUT2D eigenvalue weighted by atomic mass is 10.2. The van der Waals surface area contributed by atoms with E-state index in [2.05, 4.69) is 0 Å². The van der Waals surface area contributed by atoms with Crippen molar-refractivity contribution in [1.29, 1.82) is 5.26 Å². The van der Waals surface area contributed by atoms with Gasteiger partial charge in [-0.15, -0.1) is 0 Å². The summed E-state index contributed by atoms with van der Waals surface area (Å²) in [6.07, 6.45) is 0. The highest BCUT2D eigenvalue weighted by molar-refractivity contribution is 6.30. The molecule has 0 fully saturated rings. The first-order valence-corrected chi connectivity index (χ1v) is 3.39. The summed E-state index contributed by atoms with van der Waals surface area (Å²) in [7, 11) is 1.52. The van der Waals surface area contributed by atoms with Crippen LogP contribution in [0.4, 0.5) is 0 Å². The van der Waals surface area contributed by atoms with Crippen molar-refractivity contribution in [2.75, 3.05) is 7.11 Å². The standard InChI is InChI=1S/C8H6ClNO/c1-11-8-3-2-7(9)4-6(8)5-10/h2-4H,1H3. The Hall–Kier alpha value is -1.20. The predicted molar refractivity (Wildman–Crippen MR) is 42.7 cm³/mol. The lowest BCUT2D eigenvalue weighted by molar-refractivity contribution is 0.413. The first kappa shape index (κ1) is 7.90. The van der Waals surface area contributed by atoms with Crippen molar-refractivity contribution < 1.29 is 4.74 Å². The molecule has 0 amide bonds. The fourth-order valence-electron chi connectivity index (χ4n) is 0.768. The minimum absolute atomic E-state index is 0.458. The Morgan fingerprint density at radius 1 is 1.55 bits per heavy atom. The molecule has 2 nitrogen and oxygen atoms in total. The number of ether oxygens (including phenoxy) is 1. The van der Waals surface area contributed by atoms with Gasteiger partial charge in [0.25, 0.3) is 0 Å². The molecule has 0 aliphatic heterocycles. The van der Waals surface area contributed by atoms with Crippen molar-refractivity contribution in [3.05, 3.63) is 28.8 Å². The molecule has 1 aromatic carbocycles. The molecule has 0 atom stereocenters. The van der Waals surface area contributed by atoms with Crippen LogP contribution in [0.25, 0.3) is 0 Å². The smallest absolute Gasteiger partial charge is 0.136 e. The molecule has 0 saturated heterocycles. The molecule has 0 radical (unpaired) electrons. The average Bonchev–Trinajstić information content (AvgIpc) is 2.04. The van der Waals surface area contributed by atoms with E-state index >= 15 is 0 Å². The summed E-state index contributed by atoms with van der Waals surface area (Å²) < 4.78 is 4.91. The van der Waals surface area contributed by atoms with E-state index in [1.165, 1.54) is 7.11 Å². The van der Waals surface area contributed by atoms with Crippen LogP contribution in [-0.4, -0.2) is 7.11 Å². The molecule has 3 heteroatoms. The van der Waals surface area contributed by atoms with Crippen molar-refractivity contribution in [3.8, 4) is 11.8 Å². The van der Waals surface area contributed by atoms with Gasteiger partial charge in [-0.3, -0.25) is 0 Å². The Balaban J connectivity index is 3.19. The molecule has 0 aliphatic carbocycles. The number of hydrogen-bond acceptors (Lipinski definition) is 2. The number of hydrogen-bond donors (Lipinski definition) is 0. The minimum atomic E-state index is 0.458. The maximum absolute atomic E-state index is 8.59. The van der Waals surface area contributed by atoms with E-state index in [4.69, 9.17) is 21.6 Å². The van der Waals surface area contributed by atoms with Crippen LogP contribution >= 0.6 is 11.6 Å². The molecule has 0 spiro atoms. The minimum Gasteiger partial charge on any atom is -0.495 e. The van der Waals surface area contributed by atoms with Gasteiger partial charge in [0.05, 0.1) is 12.7 Å². The topological polar surface area (TPSA) is 33.0 Å². The van der Waals surface area contributed by atoms with E-state index in [9.17, 15) is 0 Å². The molecule has 11 heavy (non-hydrogen) atoms. The van der Waals surface area contributed by atoms with E-state index in [-0.39, 0.29) is 0 Å². The molecular formula is C8H6ClNO. The van der Waals surface area contributed by atoms with Gasteiger partial charge in [0.15, 0.2) is 0 Å². The van der Waals surface area contributed by atoms with Crippen LogP contribution in [0.1, 0.15) is 5.56 Å². The monoisotopic (exact) mass is 167 g/mol. The van der Waals surface area contributed by atoms with E-state index in [1.54, 1.807) is 18.2 Å². The summed E-state index contributed by atoms with van der Waals surface area (Å²) in [5.41, 5.74) is 0.458. The van der Waals surface area contributed by atoms with Gasteiger partial charge >= 0.3 is 0 Å². The molecule has 0 aromatic heterocycles. The number of nitrogens with zero attached hydrogens (tertiary/aromatic N) is 1. The molecule has 1 rings (SSSR count). The summed E-state index contributed by atoms with van der Waals surface area (Å²) in [6.45, 7) is 0. The van der Waals surface area contributed by atoms with Crippen LogP contribution in [0.2, 0.25) is 5.02 Å². The molecule has 0 aliphatic rings. The third-order valence-electron chi connectivity index (χ3n) is 1.28. The zero-order valence-corrected chi connectivity index (χ0v) is 6.72. The van der Waals surface area contributed by atoms with Crippen molar-refractivity contribution in [1.82, 2.24) is 0 Å². The first-order chi connectivity index (χ1) is 5.27. The Morgan fingerprint density at radius 3 is 2.82 bits per heavy atom. The van der Waals surface area contributed by atoms with Crippen LogP contribution in [-0.2, 0) is 0 Å². The Bertz CT molecular complexity index is 303. The first-order valence-electron chi connectivity index (χ1n) is 3.01. The van der Waals surface area contributed by atoms with Gasteiger partial charge in [-0.1, -0.05) is 11.6 Å². The molecule has 0 N–H and O–H groups in total. The van der Waals surface area contributed by atoms with Crippen molar-refractivity contribution in [3.63, 3.8) is 0 Å². The highest BCUT2D eigenvalue weighted by atomic mass is 35.5. The van der Waals surface area contributed by atoms with E-state index < -0.39 is 0 Å². The predicted octanol–water partition coefficient (Wildman–Crippen LogP) is 2.22. The van der Waals surface area contributed by atoms with Crippen molar-refractivity contribution in [2.24, 2.45) is 0 Å². The fourth-order valence-corrected chi connectivity index (χ4v) is 0.940. The van der Waals surface area contributed by atoms with Crippen LogP contribution in [0, 0.1) is 11.3 Å². The zero-order valence-electron chi connectivity index (χ0n) is 5.97. The second-order valence-corrected chi connectivity index (χ2v) is 2.39. The molecule has 56 valence electrons. The summed E-state index contributed by atoms with van der Waals surface area (Å²) in [6, 6.07) is 6.90. The summed E-state index contributed by atoms with van der Waals surface area (Å²) in [5, 5.41) is 9.13. The Labute approximate surface area is 70.0 Å². The summed E-state index contributed by atoms with van der Waals surface area (Å²) in [4.78, 5) is 0. The molecule has 0 bridgehead atoms. The highest BCUT2D eigenvalue weighted by Gasteiger charge is 2.00. The van der Waals surface area contributed by atoms with E-state index in [0.717, 1.165) is 0 Å². The van der Waals surface area contributed by atoms with Gasteiger partial charge in [-0.2, -0.15) is 5.26 Å². The second-order valence-electron chi connectivity index (χ2n) is 1.96. The van der Waals surface area contributed by atoms with Gasteiger partial charge in [-0.05, 0) is 18.2 Å². The lowest BCUT2D eigenvalue weighted by Gasteiger charge is -2.00. The van der Waals surface area contributed by atoms with E-state index in [1.807, 2.05) is 6.07 Å². The number of nitriles is 1. The molecule has 0 heterocycles. The highest BCUT2D eigenvalue weighted by Crippen LogP contribution is 2.20. The van der Waals surface area contributed by atoms with Crippen LogP contribution in [0.5, 0.6) is 5.75 Å². The van der Waals surface area contributed by atoms with Gasteiger partial charge in [0.2, 0.25) is 0 Å². The largest absolute Gasteiger partial charge is 0.495 e. The number of halogens is 1. The van der Waals surface area contributed by atoms with E-state index in [0.29, 0.717) is 16.3 Å². The SMILES string of the molecule is COc1ccc(Cl)cc1C#N. The average molecular weight is 168 g/mol. The van der Waals surface area contributed by atoms with Gasteiger partial charge in [0, 0.05) is 5.02 Å². The third-order valence-corrected chi connectivity index (χ3v) is 1.52. The van der Waals surface area contributed by atoms with Gasteiger partial charge < -0.3 is 4.74 Å².